The van der Waals surface area contributed by atoms with Crippen LogP contribution >= 0.6 is 0 Å². The highest BCUT2D eigenvalue weighted by Crippen LogP contribution is 2.59. The number of aromatic nitrogens is 2. The average Bonchev–Trinajstić information content (AvgIpc) is 3.56. The van der Waals surface area contributed by atoms with Gasteiger partial charge in [0.05, 0.1) is 6.54 Å². The van der Waals surface area contributed by atoms with E-state index in [1.54, 1.807) is 0 Å². The van der Waals surface area contributed by atoms with Gasteiger partial charge >= 0.3 is 6.01 Å². The van der Waals surface area contributed by atoms with Crippen molar-refractivity contribution >= 4 is 11.9 Å². The van der Waals surface area contributed by atoms with Crippen LogP contribution in [0.25, 0.3) is 0 Å². The zero-order chi connectivity index (χ0) is 18.5. The molecule has 1 spiro atoms. The minimum absolute atomic E-state index is 0.0629. The Morgan fingerprint density at radius 2 is 1.93 bits per heavy atom. The number of nitrogens with zero attached hydrogens (tertiary/aromatic N) is 3. The minimum Gasteiger partial charge on any atom is -0.408 e. The molecule has 6 heteroatoms. The third-order valence-electron chi connectivity index (χ3n) is 6.93. The van der Waals surface area contributed by atoms with Gasteiger partial charge in [0.25, 0.3) is 0 Å². The second-order valence-corrected chi connectivity index (χ2v) is 8.72. The molecule has 1 N–H and O–H groups in total. The molecular formula is C21H26N4O2. The molecule has 3 aliphatic rings. The van der Waals surface area contributed by atoms with E-state index in [2.05, 4.69) is 46.7 Å². The second-order valence-electron chi connectivity index (χ2n) is 8.72. The van der Waals surface area contributed by atoms with Crippen molar-refractivity contribution in [3.63, 3.8) is 0 Å². The molecule has 2 heterocycles. The SMILES string of the molecule is CC1(c2ccccc2)CC1c1nnc(NCC(=O)N2CCC3(CC2)CC3)o1. The highest BCUT2D eigenvalue weighted by atomic mass is 16.4. The molecule has 6 nitrogen and oxygen atoms in total. The van der Waals surface area contributed by atoms with E-state index in [0.29, 0.717) is 17.3 Å². The van der Waals surface area contributed by atoms with E-state index in [9.17, 15) is 4.79 Å². The summed E-state index contributed by atoms with van der Waals surface area (Å²) in [7, 11) is 0. The minimum atomic E-state index is 0.0629. The van der Waals surface area contributed by atoms with Gasteiger partial charge in [-0.25, -0.2) is 0 Å². The first kappa shape index (κ1) is 16.8. The number of anilines is 1. The molecule has 1 saturated heterocycles. The lowest BCUT2D eigenvalue weighted by atomic mass is 9.94. The van der Waals surface area contributed by atoms with Gasteiger partial charge in [0, 0.05) is 24.4 Å². The van der Waals surface area contributed by atoms with Crippen molar-refractivity contribution < 1.29 is 9.21 Å². The molecule has 1 aromatic heterocycles. The van der Waals surface area contributed by atoms with Gasteiger partial charge in [-0.15, -0.1) is 5.10 Å². The summed E-state index contributed by atoms with van der Waals surface area (Å²) in [5.41, 5.74) is 1.95. The van der Waals surface area contributed by atoms with Crippen LogP contribution < -0.4 is 5.32 Å². The maximum atomic E-state index is 12.4. The predicted molar refractivity (Wildman–Crippen MR) is 101 cm³/mol. The maximum Gasteiger partial charge on any atom is 0.315 e. The Labute approximate surface area is 159 Å². The van der Waals surface area contributed by atoms with Crippen LogP contribution in [-0.4, -0.2) is 40.6 Å². The van der Waals surface area contributed by atoms with Crippen molar-refractivity contribution in [2.75, 3.05) is 25.0 Å². The number of nitrogens with one attached hydrogen (secondary N) is 1. The molecule has 1 amide bonds. The summed E-state index contributed by atoms with van der Waals surface area (Å²) >= 11 is 0. The van der Waals surface area contributed by atoms with E-state index in [4.69, 9.17) is 4.42 Å². The average molecular weight is 366 g/mol. The molecule has 3 fully saturated rings. The van der Waals surface area contributed by atoms with Crippen LogP contribution in [0.1, 0.15) is 56.4 Å². The van der Waals surface area contributed by atoms with E-state index >= 15 is 0 Å². The summed E-state index contributed by atoms with van der Waals surface area (Å²) < 4.78 is 5.80. The zero-order valence-electron chi connectivity index (χ0n) is 15.8. The first-order valence-electron chi connectivity index (χ1n) is 9.99. The van der Waals surface area contributed by atoms with Crippen LogP contribution in [-0.2, 0) is 10.2 Å². The van der Waals surface area contributed by atoms with Crippen molar-refractivity contribution in [1.82, 2.24) is 15.1 Å². The molecule has 2 saturated carbocycles. The van der Waals surface area contributed by atoms with Crippen molar-refractivity contribution in [3.05, 3.63) is 41.8 Å². The fourth-order valence-electron chi connectivity index (χ4n) is 4.48. The smallest absolute Gasteiger partial charge is 0.315 e. The fourth-order valence-corrected chi connectivity index (χ4v) is 4.48. The normalized spacial score (nSPS) is 28.2. The molecule has 1 aliphatic heterocycles. The van der Waals surface area contributed by atoms with E-state index < -0.39 is 0 Å². The van der Waals surface area contributed by atoms with Crippen LogP contribution in [0.4, 0.5) is 6.01 Å². The molecular weight excluding hydrogens is 340 g/mol. The summed E-state index contributed by atoms with van der Waals surface area (Å²) in [5.74, 6) is 1.02. The van der Waals surface area contributed by atoms with Crippen molar-refractivity contribution in [2.45, 2.75) is 50.4 Å². The Morgan fingerprint density at radius 1 is 1.19 bits per heavy atom. The number of piperidine rings is 1. The molecule has 2 aromatic rings. The number of likely N-dealkylation sites (tertiary alicyclic amines) is 1. The second kappa shape index (κ2) is 6.08. The Morgan fingerprint density at radius 3 is 2.63 bits per heavy atom. The van der Waals surface area contributed by atoms with E-state index in [1.165, 1.54) is 18.4 Å². The van der Waals surface area contributed by atoms with Crippen LogP contribution in [0.2, 0.25) is 0 Å². The van der Waals surface area contributed by atoms with E-state index in [-0.39, 0.29) is 23.8 Å². The number of hydrogen-bond acceptors (Lipinski definition) is 5. The molecule has 1 aromatic carbocycles. The number of carbonyl (C=O) groups is 1. The van der Waals surface area contributed by atoms with E-state index in [1.807, 2.05) is 11.0 Å². The van der Waals surface area contributed by atoms with Crippen molar-refractivity contribution in [2.24, 2.45) is 5.41 Å². The molecule has 2 atom stereocenters. The lowest BCUT2D eigenvalue weighted by molar-refractivity contribution is -0.130. The van der Waals surface area contributed by atoms with Gasteiger partial charge in [-0.2, -0.15) is 0 Å². The van der Waals surface area contributed by atoms with Gasteiger partial charge in [0.2, 0.25) is 11.8 Å². The molecule has 2 unspecified atom stereocenters. The molecule has 0 bridgehead atoms. The number of carbonyl (C=O) groups excluding carboxylic acids is 1. The van der Waals surface area contributed by atoms with Gasteiger partial charge in [-0.3, -0.25) is 4.79 Å². The Balaban J connectivity index is 1.16. The fraction of sp³-hybridized carbons (Fsp3) is 0.571. The lowest BCUT2D eigenvalue weighted by Crippen LogP contribution is -2.41. The van der Waals surface area contributed by atoms with Gasteiger partial charge in [-0.05, 0) is 43.1 Å². The number of benzene rings is 1. The number of amides is 1. The Hall–Kier alpha value is -2.37. The summed E-state index contributed by atoms with van der Waals surface area (Å²) in [5, 5.41) is 11.3. The first-order valence-corrected chi connectivity index (χ1v) is 9.99. The molecule has 0 radical (unpaired) electrons. The largest absolute Gasteiger partial charge is 0.408 e. The molecule has 2 aliphatic carbocycles. The Bertz CT molecular complexity index is 835. The summed E-state index contributed by atoms with van der Waals surface area (Å²) in [6.45, 7) is 4.21. The van der Waals surface area contributed by atoms with Crippen LogP contribution in [0.5, 0.6) is 0 Å². The molecule has 142 valence electrons. The van der Waals surface area contributed by atoms with Crippen LogP contribution in [0.15, 0.2) is 34.7 Å². The summed E-state index contributed by atoms with van der Waals surface area (Å²) in [4.78, 5) is 14.4. The van der Waals surface area contributed by atoms with Gasteiger partial charge in [0.1, 0.15) is 0 Å². The van der Waals surface area contributed by atoms with Gasteiger partial charge < -0.3 is 14.6 Å². The summed E-state index contributed by atoms with van der Waals surface area (Å²) in [6, 6.07) is 10.8. The van der Waals surface area contributed by atoms with Gasteiger partial charge in [-0.1, -0.05) is 42.4 Å². The third kappa shape index (κ3) is 3.11. The highest BCUT2D eigenvalue weighted by Gasteiger charge is 2.55. The topological polar surface area (TPSA) is 71.3 Å². The van der Waals surface area contributed by atoms with Crippen LogP contribution in [0.3, 0.4) is 0 Å². The predicted octanol–water partition coefficient (Wildman–Crippen LogP) is 3.33. The third-order valence-corrected chi connectivity index (χ3v) is 6.93. The van der Waals surface area contributed by atoms with E-state index in [0.717, 1.165) is 32.4 Å². The standard InChI is InChI=1S/C21H26N4O2/c1-20(15-5-3-2-4-6-15)13-16(20)18-23-24-19(27-18)22-14-17(26)25-11-9-21(7-8-21)10-12-25/h2-6,16H,7-14H2,1H3,(H,22,24). The van der Waals surface area contributed by atoms with Gasteiger partial charge in [0.15, 0.2) is 0 Å². The lowest BCUT2D eigenvalue weighted by Gasteiger charge is -2.32. The maximum absolute atomic E-state index is 12.4. The van der Waals surface area contributed by atoms with Crippen molar-refractivity contribution in [1.29, 1.82) is 0 Å². The molecule has 27 heavy (non-hydrogen) atoms. The zero-order valence-corrected chi connectivity index (χ0v) is 15.8. The summed E-state index contributed by atoms with van der Waals surface area (Å²) in [6.07, 6.45) is 6.02. The molecule has 5 rings (SSSR count). The van der Waals surface area contributed by atoms with Crippen molar-refractivity contribution in [3.8, 4) is 0 Å². The van der Waals surface area contributed by atoms with Crippen LogP contribution in [0, 0.1) is 5.41 Å². The first-order chi connectivity index (χ1) is 13.1. The Kier molecular flexibility index (Phi) is 3.78. The highest BCUT2D eigenvalue weighted by molar-refractivity contribution is 5.80. The monoisotopic (exact) mass is 366 g/mol. The number of rotatable bonds is 5. The quantitative estimate of drug-likeness (QED) is 0.879. The number of hydrogen-bond donors (Lipinski definition) is 1.